The van der Waals surface area contributed by atoms with Gasteiger partial charge in [-0.2, -0.15) is 4.31 Å². The molecule has 0 saturated carbocycles. The molecule has 6 nitrogen and oxygen atoms in total. The van der Waals surface area contributed by atoms with Crippen molar-refractivity contribution in [1.29, 1.82) is 0 Å². The molecule has 0 bridgehead atoms. The Labute approximate surface area is 157 Å². The second-order valence-corrected chi connectivity index (χ2v) is 8.98. The fraction of sp³-hybridized carbons (Fsp3) is 0.368. The van der Waals surface area contributed by atoms with Crippen LogP contribution in [-0.2, 0) is 10.0 Å². The molecular formula is C19H21FN4O2S. The third-order valence-electron chi connectivity index (χ3n) is 5.01. The number of pyridine rings is 1. The smallest absolute Gasteiger partial charge is 0.246 e. The average molecular weight is 388 g/mol. The fourth-order valence-electron chi connectivity index (χ4n) is 3.74. The van der Waals surface area contributed by atoms with E-state index in [2.05, 4.69) is 23.4 Å². The number of sulfonamides is 1. The van der Waals surface area contributed by atoms with Crippen LogP contribution < -0.4 is 0 Å². The monoisotopic (exact) mass is 388 g/mol. The molecule has 1 aliphatic heterocycles. The molecule has 1 fully saturated rings. The zero-order chi connectivity index (χ0) is 19.2. The van der Waals surface area contributed by atoms with Crippen LogP contribution in [0, 0.1) is 5.82 Å². The number of benzene rings is 1. The molecule has 0 N–H and O–H groups in total. The molecule has 0 radical (unpaired) electrons. The maximum atomic E-state index is 14.0. The summed E-state index contributed by atoms with van der Waals surface area (Å²) in [4.78, 5) is 8.67. The minimum Gasteiger partial charge on any atom is -0.324 e. The summed E-state index contributed by atoms with van der Waals surface area (Å²) in [5, 5.41) is 0. The van der Waals surface area contributed by atoms with Crippen molar-refractivity contribution in [1.82, 2.24) is 18.8 Å². The van der Waals surface area contributed by atoms with Gasteiger partial charge in [0, 0.05) is 31.2 Å². The van der Waals surface area contributed by atoms with E-state index in [0.29, 0.717) is 19.5 Å². The molecule has 27 heavy (non-hydrogen) atoms. The summed E-state index contributed by atoms with van der Waals surface area (Å²) >= 11 is 0. The predicted molar refractivity (Wildman–Crippen MR) is 100 cm³/mol. The van der Waals surface area contributed by atoms with Gasteiger partial charge in [0.05, 0.1) is 17.2 Å². The minimum atomic E-state index is -3.86. The molecule has 0 spiro atoms. The van der Waals surface area contributed by atoms with Crippen LogP contribution in [0.25, 0.3) is 11.0 Å². The molecule has 4 rings (SSSR count). The zero-order valence-corrected chi connectivity index (χ0v) is 16.0. The Morgan fingerprint density at radius 1 is 1.22 bits per heavy atom. The van der Waals surface area contributed by atoms with Crippen LogP contribution in [-0.4, -0.2) is 40.3 Å². The van der Waals surface area contributed by atoms with Crippen molar-refractivity contribution >= 4 is 21.1 Å². The standard InChI is InChI=1S/C19H21FN4O2S/c1-13(2)24-17-11-21-9-7-16(17)22-19(24)14-8-10-23(12-14)27(25,26)18-6-4-3-5-15(18)20/h3-7,9,11,13-14H,8,10,12H2,1-2H3. The van der Waals surface area contributed by atoms with Crippen molar-refractivity contribution in [3.8, 4) is 0 Å². The lowest BCUT2D eigenvalue weighted by molar-refractivity contribution is 0.460. The molecule has 1 atom stereocenters. The molecule has 142 valence electrons. The fourth-order valence-corrected chi connectivity index (χ4v) is 5.31. The Kier molecular flexibility index (Phi) is 4.47. The molecule has 3 aromatic rings. The quantitative estimate of drug-likeness (QED) is 0.688. The lowest BCUT2D eigenvalue weighted by Gasteiger charge is -2.19. The van der Waals surface area contributed by atoms with E-state index in [1.165, 1.54) is 28.6 Å². The van der Waals surface area contributed by atoms with Crippen molar-refractivity contribution in [3.05, 3.63) is 54.4 Å². The molecule has 1 saturated heterocycles. The molecule has 0 aliphatic carbocycles. The minimum absolute atomic E-state index is 0.0404. The van der Waals surface area contributed by atoms with Crippen LogP contribution in [0.2, 0.25) is 0 Å². The van der Waals surface area contributed by atoms with Gasteiger partial charge in [0.1, 0.15) is 16.5 Å². The van der Waals surface area contributed by atoms with Gasteiger partial charge in [-0.05, 0) is 38.5 Å². The van der Waals surface area contributed by atoms with E-state index in [-0.39, 0.29) is 16.9 Å². The van der Waals surface area contributed by atoms with Crippen molar-refractivity contribution in [2.24, 2.45) is 0 Å². The lowest BCUT2D eigenvalue weighted by atomic mass is 10.1. The number of fused-ring (bicyclic) bond motifs is 1. The largest absolute Gasteiger partial charge is 0.324 e. The Bertz CT molecular complexity index is 1090. The first-order chi connectivity index (χ1) is 12.9. The van der Waals surface area contributed by atoms with Crippen molar-refractivity contribution in [2.75, 3.05) is 13.1 Å². The number of aromatic nitrogens is 3. The van der Waals surface area contributed by atoms with Crippen LogP contribution in [0.15, 0.2) is 47.6 Å². The first-order valence-corrected chi connectivity index (χ1v) is 10.4. The third kappa shape index (κ3) is 3.02. The van der Waals surface area contributed by atoms with E-state index >= 15 is 0 Å². The lowest BCUT2D eigenvalue weighted by Crippen LogP contribution is -2.29. The first kappa shape index (κ1) is 18.1. The van der Waals surface area contributed by atoms with Gasteiger partial charge in [-0.3, -0.25) is 4.98 Å². The van der Waals surface area contributed by atoms with Gasteiger partial charge in [-0.15, -0.1) is 0 Å². The van der Waals surface area contributed by atoms with Crippen LogP contribution in [0.3, 0.4) is 0 Å². The number of nitrogens with zero attached hydrogens (tertiary/aromatic N) is 4. The van der Waals surface area contributed by atoms with E-state index in [1.807, 2.05) is 6.07 Å². The van der Waals surface area contributed by atoms with Gasteiger partial charge in [0.25, 0.3) is 0 Å². The van der Waals surface area contributed by atoms with Gasteiger partial charge >= 0.3 is 0 Å². The van der Waals surface area contributed by atoms with Gasteiger partial charge in [-0.25, -0.2) is 17.8 Å². The van der Waals surface area contributed by atoms with Crippen molar-refractivity contribution in [2.45, 2.75) is 37.1 Å². The van der Waals surface area contributed by atoms with Gasteiger partial charge in [-0.1, -0.05) is 12.1 Å². The van der Waals surface area contributed by atoms with Crippen molar-refractivity contribution in [3.63, 3.8) is 0 Å². The van der Waals surface area contributed by atoms with Crippen LogP contribution in [0.1, 0.15) is 38.1 Å². The molecule has 0 amide bonds. The SMILES string of the molecule is CC(C)n1c(C2CCN(S(=O)(=O)c3ccccc3F)C2)nc2ccncc21. The molecule has 1 aliphatic rings. The highest BCUT2D eigenvalue weighted by Gasteiger charge is 2.36. The van der Waals surface area contributed by atoms with Gasteiger partial charge < -0.3 is 4.57 Å². The summed E-state index contributed by atoms with van der Waals surface area (Å²) in [6.45, 7) is 4.78. The van der Waals surface area contributed by atoms with E-state index in [0.717, 1.165) is 16.9 Å². The number of halogens is 1. The highest BCUT2D eigenvalue weighted by molar-refractivity contribution is 7.89. The molecule has 2 aromatic heterocycles. The average Bonchev–Trinajstić information content (AvgIpc) is 3.27. The molecule has 1 unspecified atom stereocenters. The summed E-state index contributed by atoms with van der Waals surface area (Å²) in [6.07, 6.45) is 4.14. The summed E-state index contributed by atoms with van der Waals surface area (Å²) in [5.74, 6) is 0.0991. The zero-order valence-electron chi connectivity index (χ0n) is 15.2. The van der Waals surface area contributed by atoms with Crippen LogP contribution in [0.5, 0.6) is 0 Å². The Morgan fingerprint density at radius 3 is 2.74 bits per heavy atom. The maximum absolute atomic E-state index is 14.0. The third-order valence-corrected chi connectivity index (χ3v) is 6.90. The van der Waals surface area contributed by atoms with E-state index in [4.69, 9.17) is 4.98 Å². The molecule has 3 heterocycles. The predicted octanol–water partition coefficient (Wildman–Crippen LogP) is 3.33. The highest BCUT2D eigenvalue weighted by atomic mass is 32.2. The molecular weight excluding hydrogens is 367 g/mol. The number of rotatable bonds is 4. The van der Waals surface area contributed by atoms with Gasteiger partial charge in [0.2, 0.25) is 10.0 Å². The highest BCUT2D eigenvalue weighted by Crippen LogP contribution is 2.34. The first-order valence-electron chi connectivity index (χ1n) is 8.96. The number of imidazole rings is 1. The Morgan fingerprint density at radius 2 is 2.00 bits per heavy atom. The normalized spacial score (nSPS) is 18.6. The summed E-state index contributed by atoms with van der Waals surface area (Å²) in [5.41, 5.74) is 1.79. The van der Waals surface area contributed by atoms with E-state index in [1.54, 1.807) is 12.4 Å². The second-order valence-electron chi connectivity index (χ2n) is 7.08. The van der Waals surface area contributed by atoms with Crippen LogP contribution >= 0.6 is 0 Å². The maximum Gasteiger partial charge on any atom is 0.246 e. The Hall–Kier alpha value is -2.32. The van der Waals surface area contributed by atoms with Crippen molar-refractivity contribution < 1.29 is 12.8 Å². The summed E-state index contributed by atoms with van der Waals surface area (Å²) in [6, 6.07) is 7.54. The van der Waals surface area contributed by atoms with Gasteiger partial charge in [0.15, 0.2) is 0 Å². The number of hydrogen-bond acceptors (Lipinski definition) is 4. The second kappa shape index (κ2) is 6.69. The van der Waals surface area contributed by atoms with E-state index in [9.17, 15) is 12.8 Å². The topological polar surface area (TPSA) is 68.1 Å². The molecule has 8 heteroatoms. The summed E-state index contributed by atoms with van der Waals surface area (Å²) in [7, 11) is -3.86. The summed E-state index contributed by atoms with van der Waals surface area (Å²) < 4.78 is 43.3. The number of hydrogen-bond donors (Lipinski definition) is 0. The Balaban J connectivity index is 1.69. The van der Waals surface area contributed by atoms with Crippen LogP contribution in [0.4, 0.5) is 4.39 Å². The molecule has 1 aromatic carbocycles. The van der Waals surface area contributed by atoms with E-state index < -0.39 is 15.8 Å².